The molecule has 0 atom stereocenters. The fourth-order valence-electron chi connectivity index (χ4n) is 7.12. The quantitative estimate of drug-likeness (QED) is 0.132. The number of aromatic amines is 1. The monoisotopic (exact) mass is 668 g/mol. The minimum absolute atomic E-state index is 0.679. The van der Waals surface area contributed by atoms with Crippen LogP contribution in [0.15, 0.2) is 195 Å². The highest BCUT2D eigenvalue weighted by Gasteiger charge is 2.12. The highest BCUT2D eigenvalue weighted by molar-refractivity contribution is 6.08. The van der Waals surface area contributed by atoms with Crippen molar-refractivity contribution in [1.29, 1.82) is 0 Å². The standard InChI is InChI=1S/C50H40N2/c1-2-3-15-36-16-10-11-21-39(36)33-44-27-26-42(34-49(44)51-31-30-45(37-17-6-4-7-18-37)38-19-8-5-9-20-38)40-22-14-23-41(32-40)43-28-29-47-46-24-12-13-25-48(46)52-50(47)35-43/h2-30,32,34-35,51-52H,1,31,33H2/b15-3-. The number of H-pyrrole nitrogens is 1. The van der Waals surface area contributed by atoms with Gasteiger partial charge in [-0.1, -0.05) is 176 Å². The van der Waals surface area contributed by atoms with Crippen LogP contribution in [-0.2, 0) is 6.42 Å². The van der Waals surface area contributed by atoms with Gasteiger partial charge in [0.1, 0.15) is 0 Å². The molecule has 2 nitrogen and oxygen atoms in total. The molecule has 0 aliphatic rings. The molecule has 0 spiro atoms. The van der Waals surface area contributed by atoms with E-state index >= 15 is 0 Å². The molecule has 52 heavy (non-hydrogen) atoms. The minimum Gasteiger partial charge on any atom is -0.381 e. The van der Waals surface area contributed by atoms with E-state index in [1.54, 1.807) is 0 Å². The van der Waals surface area contributed by atoms with Gasteiger partial charge >= 0.3 is 0 Å². The highest BCUT2D eigenvalue weighted by Crippen LogP contribution is 2.34. The maximum atomic E-state index is 3.88. The Morgan fingerprint density at radius 2 is 1.17 bits per heavy atom. The van der Waals surface area contributed by atoms with Crippen molar-refractivity contribution in [3.8, 4) is 22.3 Å². The van der Waals surface area contributed by atoms with Gasteiger partial charge in [0.05, 0.1) is 0 Å². The van der Waals surface area contributed by atoms with Crippen LogP contribution in [0.2, 0.25) is 0 Å². The molecule has 0 saturated carbocycles. The second-order valence-electron chi connectivity index (χ2n) is 13.1. The summed E-state index contributed by atoms with van der Waals surface area (Å²) in [6, 6.07) is 60.9. The maximum absolute atomic E-state index is 3.88. The number of nitrogens with one attached hydrogen (secondary N) is 2. The summed E-state index contributed by atoms with van der Waals surface area (Å²) in [5, 5.41) is 6.35. The summed E-state index contributed by atoms with van der Waals surface area (Å²) in [5.41, 5.74) is 15.5. The first-order valence-electron chi connectivity index (χ1n) is 17.9. The first-order valence-corrected chi connectivity index (χ1v) is 17.9. The van der Waals surface area contributed by atoms with Gasteiger partial charge in [-0.05, 0) is 79.9 Å². The summed E-state index contributed by atoms with van der Waals surface area (Å²) in [6.07, 6.45) is 9.08. The van der Waals surface area contributed by atoms with E-state index in [-0.39, 0.29) is 0 Å². The summed E-state index contributed by atoms with van der Waals surface area (Å²) >= 11 is 0. The van der Waals surface area contributed by atoms with Crippen molar-refractivity contribution < 1.29 is 0 Å². The number of rotatable bonds is 11. The number of anilines is 1. The number of fused-ring (bicyclic) bond motifs is 3. The molecule has 0 unspecified atom stereocenters. The van der Waals surface area contributed by atoms with Crippen LogP contribution >= 0.6 is 0 Å². The van der Waals surface area contributed by atoms with Crippen LogP contribution < -0.4 is 5.32 Å². The SMILES string of the molecule is C=C/C=C\c1ccccc1Cc1ccc(-c2cccc(-c3ccc4c(c3)[nH]c3ccccc34)c2)cc1NCC=C(c1ccccc1)c1ccccc1. The lowest BCUT2D eigenvalue weighted by atomic mass is 9.94. The third-order valence-electron chi connectivity index (χ3n) is 9.76. The largest absolute Gasteiger partial charge is 0.381 e. The molecular weight excluding hydrogens is 629 g/mol. The van der Waals surface area contributed by atoms with Gasteiger partial charge in [-0.25, -0.2) is 0 Å². The van der Waals surface area contributed by atoms with Crippen LogP contribution in [0.3, 0.4) is 0 Å². The summed E-state index contributed by atoms with van der Waals surface area (Å²) in [4.78, 5) is 3.61. The first kappa shape index (κ1) is 32.6. The molecule has 1 aromatic heterocycles. The lowest BCUT2D eigenvalue weighted by Crippen LogP contribution is -2.05. The number of benzene rings is 7. The molecule has 8 aromatic rings. The van der Waals surface area contributed by atoms with E-state index in [1.165, 1.54) is 66.4 Å². The van der Waals surface area contributed by atoms with Gasteiger partial charge in [-0.2, -0.15) is 0 Å². The molecule has 0 amide bonds. The molecule has 2 N–H and O–H groups in total. The van der Waals surface area contributed by atoms with Crippen molar-refractivity contribution in [2.75, 3.05) is 11.9 Å². The Labute approximate surface area is 306 Å². The molecule has 7 aromatic carbocycles. The Bertz CT molecular complexity index is 2510. The Morgan fingerprint density at radius 1 is 0.538 bits per heavy atom. The molecule has 0 fully saturated rings. The van der Waals surface area contributed by atoms with Crippen molar-refractivity contribution in [2.45, 2.75) is 6.42 Å². The predicted octanol–water partition coefficient (Wildman–Crippen LogP) is 13.0. The van der Waals surface area contributed by atoms with Crippen molar-refractivity contribution in [2.24, 2.45) is 0 Å². The van der Waals surface area contributed by atoms with E-state index in [0.717, 1.165) is 23.1 Å². The Balaban J connectivity index is 1.15. The Morgan fingerprint density at radius 3 is 1.94 bits per heavy atom. The van der Waals surface area contributed by atoms with Gasteiger partial charge < -0.3 is 10.3 Å². The number of aromatic nitrogens is 1. The van der Waals surface area contributed by atoms with Crippen LogP contribution in [0.5, 0.6) is 0 Å². The molecule has 0 bridgehead atoms. The zero-order valence-corrected chi connectivity index (χ0v) is 29.1. The van der Waals surface area contributed by atoms with E-state index in [4.69, 9.17) is 0 Å². The molecule has 0 aliphatic carbocycles. The van der Waals surface area contributed by atoms with Crippen molar-refractivity contribution in [3.63, 3.8) is 0 Å². The second-order valence-corrected chi connectivity index (χ2v) is 13.1. The maximum Gasteiger partial charge on any atom is 0.0471 e. The molecule has 2 heteroatoms. The summed E-state index contributed by atoms with van der Waals surface area (Å²) in [7, 11) is 0. The summed E-state index contributed by atoms with van der Waals surface area (Å²) in [6.45, 7) is 4.56. The molecule has 0 radical (unpaired) electrons. The van der Waals surface area contributed by atoms with Crippen LogP contribution in [0.25, 0.3) is 55.7 Å². The van der Waals surface area contributed by atoms with Crippen molar-refractivity contribution >= 4 is 39.1 Å². The molecule has 0 aliphatic heterocycles. The third kappa shape index (κ3) is 7.01. The van der Waals surface area contributed by atoms with E-state index in [0.29, 0.717) is 6.54 Å². The van der Waals surface area contributed by atoms with E-state index < -0.39 is 0 Å². The number of para-hydroxylation sites is 1. The lowest BCUT2D eigenvalue weighted by molar-refractivity contribution is 1.17. The predicted molar refractivity (Wildman–Crippen MR) is 224 cm³/mol. The topological polar surface area (TPSA) is 27.8 Å². The fraction of sp³-hybridized carbons (Fsp3) is 0.0400. The van der Waals surface area contributed by atoms with Gasteiger partial charge in [0.15, 0.2) is 0 Å². The highest BCUT2D eigenvalue weighted by atomic mass is 14.9. The van der Waals surface area contributed by atoms with E-state index in [2.05, 4.69) is 199 Å². The van der Waals surface area contributed by atoms with Gasteiger partial charge in [-0.3, -0.25) is 0 Å². The second kappa shape index (κ2) is 15.1. The molecule has 0 saturated heterocycles. The molecule has 8 rings (SSSR count). The van der Waals surface area contributed by atoms with Gasteiger partial charge in [-0.15, -0.1) is 0 Å². The van der Waals surface area contributed by atoms with Gasteiger partial charge in [0.25, 0.3) is 0 Å². The third-order valence-corrected chi connectivity index (χ3v) is 9.76. The van der Waals surface area contributed by atoms with E-state index in [1.807, 2.05) is 12.2 Å². The summed E-state index contributed by atoms with van der Waals surface area (Å²) < 4.78 is 0. The van der Waals surface area contributed by atoms with Crippen molar-refractivity contribution in [1.82, 2.24) is 4.98 Å². The Hall–Kier alpha value is -6.64. The number of hydrogen-bond donors (Lipinski definition) is 2. The molecular formula is C50H40N2. The minimum atomic E-state index is 0.679. The smallest absolute Gasteiger partial charge is 0.0471 e. The molecule has 250 valence electrons. The summed E-state index contributed by atoms with van der Waals surface area (Å²) in [5.74, 6) is 0. The normalized spacial score (nSPS) is 11.2. The van der Waals surface area contributed by atoms with Crippen LogP contribution in [0.4, 0.5) is 5.69 Å². The first-order chi connectivity index (χ1) is 25.7. The zero-order chi connectivity index (χ0) is 35.1. The van der Waals surface area contributed by atoms with Crippen LogP contribution in [0, 0.1) is 0 Å². The number of allylic oxidation sites excluding steroid dienone is 2. The zero-order valence-electron chi connectivity index (χ0n) is 29.1. The average molecular weight is 669 g/mol. The van der Waals surface area contributed by atoms with Gasteiger partial charge in [0.2, 0.25) is 0 Å². The Kier molecular flexibility index (Phi) is 9.44. The lowest BCUT2D eigenvalue weighted by Gasteiger charge is -2.16. The molecule has 1 heterocycles. The van der Waals surface area contributed by atoms with Crippen LogP contribution in [-0.4, -0.2) is 11.5 Å². The average Bonchev–Trinajstić information content (AvgIpc) is 3.58. The van der Waals surface area contributed by atoms with Crippen LogP contribution in [0.1, 0.15) is 27.8 Å². The fourth-order valence-corrected chi connectivity index (χ4v) is 7.12. The van der Waals surface area contributed by atoms with Gasteiger partial charge in [0, 0.05) is 40.5 Å². The van der Waals surface area contributed by atoms with Crippen molar-refractivity contribution in [3.05, 3.63) is 222 Å². The van der Waals surface area contributed by atoms with E-state index in [9.17, 15) is 0 Å². The number of hydrogen-bond acceptors (Lipinski definition) is 1.